The molecule has 2 N–H and O–H groups in total. The molecule has 4 heteroatoms. The Balaban J connectivity index is 0.000000175. The summed E-state index contributed by atoms with van der Waals surface area (Å²) in [5.74, 6) is 0.544. The first-order valence-electron chi connectivity index (χ1n) is 7.61. The maximum Gasteiger partial charge on any atom is 3.00 e. The van der Waals surface area contributed by atoms with Crippen LogP contribution in [0.4, 0.5) is 0 Å². The second-order valence-corrected chi connectivity index (χ2v) is 5.27. The zero-order chi connectivity index (χ0) is 16.8. The van der Waals surface area contributed by atoms with Gasteiger partial charge >= 0.3 is 17.4 Å². The Hall–Kier alpha value is -2.80. The van der Waals surface area contributed by atoms with Crippen LogP contribution in [0.1, 0.15) is 0 Å². The summed E-state index contributed by atoms with van der Waals surface area (Å²) < 4.78 is 0. The van der Waals surface area contributed by atoms with Crippen LogP contribution in [-0.2, 0) is 0 Å². The summed E-state index contributed by atoms with van der Waals surface area (Å²) in [5.41, 5.74) is 2.95. The van der Waals surface area contributed by atoms with E-state index in [9.17, 15) is 5.11 Å². The van der Waals surface area contributed by atoms with E-state index in [1.165, 1.54) is 5.56 Å². The number of phenols is 2. The molecule has 0 atom stereocenters. The van der Waals surface area contributed by atoms with Crippen molar-refractivity contribution in [2.24, 2.45) is 0 Å². The van der Waals surface area contributed by atoms with E-state index in [1.54, 1.807) is 30.5 Å². The standard InChI is InChI=1S/C12H10O.C9H7NO.Al/c13-12-8-6-11(7-9-12)10-4-2-1-3-5-10;11-8-5-1-3-7-4-2-6-10-9(7)8;/h1-9,13H;1-6,11H;/q;;+3. The number of aromatic nitrogens is 1. The van der Waals surface area contributed by atoms with Gasteiger partial charge in [0.25, 0.3) is 0 Å². The van der Waals surface area contributed by atoms with Crippen molar-refractivity contribution < 1.29 is 10.2 Å². The first-order valence-corrected chi connectivity index (χ1v) is 7.61. The third-order valence-electron chi connectivity index (χ3n) is 3.59. The second kappa shape index (κ2) is 8.89. The van der Waals surface area contributed by atoms with Gasteiger partial charge in [-0.3, -0.25) is 4.98 Å². The van der Waals surface area contributed by atoms with Gasteiger partial charge in [0, 0.05) is 11.6 Å². The van der Waals surface area contributed by atoms with Crippen LogP contribution in [0.25, 0.3) is 22.0 Å². The van der Waals surface area contributed by atoms with E-state index < -0.39 is 0 Å². The predicted molar refractivity (Wildman–Crippen MR) is 103 cm³/mol. The first kappa shape index (κ1) is 18.5. The van der Waals surface area contributed by atoms with Gasteiger partial charge in [-0.15, -0.1) is 0 Å². The molecule has 0 spiro atoms. The van der Waals surface area contributed by atoms with Gasteiger partial charge in [0.2, 0.25) is 0 Å². The summed E-state index contributed by atoms with van der Waals surface area (Å²) in [7, 11) is 0. The zero-order valence-corrected chi connectivity index (χ0v) is 14.7. The van der Waals surface area contributed by atoms with E-state index in [4.69, 9.17) is 5.11 Å². The van der Waals surface area contributed by atoms with Crippen LogP contribution in [0, 0.1) is 0 Å². The fourth-order valence-corrected chi connectivity index (χ4v) is 2.37. The van der Waals surface area contributed by atoms with Gasteiger partial charge in [-0.05, 0) is 35.4 Å². The summed E-state index contributed by atoms with van der Waals surface area (Å²) in [6.45, 7) is 0. The molecule has 0 aliphatic heterocycles. The first-order chi connectivity index (χ1) is 11.7. The van der Waals surface area contributed by atoms with E-state index in [2.05, 4.69) is 4.98 Å². The van der Waals surface area contributed by atoms with Crippen molar-refractivity contribution in [1.29, 1.82) is 0 Å². The Morgan fingerprint density at radius 1 is 0.600 bits per heavy atom. The second-order valence-electron chi connectivity index (χ2n) is 5.27. The number of nitrogens with zero attached hydrogens (tertiary/aromatic N) is 1. The van der Waals surface area contributed by atoms with Gasteiger partial charge in [0.05, 0.1) is 0 Å². The number of pyridine rings is 1. The number of phenolic OH excluding ortho intramolecular Hbond substituents is 2. The molecule has 0 fully saturated rings. The number of rotatable bonds is 1. The average molecular weight is 342 g/mol. The third-order valence-corrected chi connectivity index (χ3v) is 3.59. The molecule has 4 aromatic rings. The average Bonchev–Trinajstić information content (AvgIpc) is 2.64. The quantitative estimate of drug-likeness (QED) is 0.496. The molecule has 1 heterocycles. The molecule has 4 rings (SSSR count). The molecule has 118 valence electrons. The molecule has 3 aromatic carbocycles. The normalized spacial score (nSPS) is 9.60. The van der Waals surface area contributed by atoms with Gasteiger partial charge in [-0.1, -0.05) is 60.7 Å². The van der Waals surface area contributed by atoms with Gasteiger partial charge in [0.15, 0.2) is 0 Å². The van der Waals surface area contributed by atoms with Crippen molar-refractivity contribution in [2.45, 2.75) is 0 Å². The third kappa shape index (κ3) is 4.84. The molecule has 0 saturated carbocycles. The van der Waals surface area contributed by atoms with Crippen molar-refractivity contribution in [1.82, 2.24) is 4.98 Å². The minimum absolute atomic E-state index is 0. The molecule has 0 saturated heterocycles. The van der Waals surface area contributed by atoms with Crippen LogP contribution in [-0.4, -0.2) is 32.6 Å². The number of fused-ring (bicyclic) bond motifs is 1. The molecular weight excluding hydrogens is 325 g/mol. The summed E-state index contributed by atoms with van der Waals surface area (Å²) >= 11 is 0. The van der Waals surface area contributed by atoms with E-state index in [-0.39, 0.29) is 23.1 Å². The molecule has 0 radical (unpaired) electrons. The van der Waals surface area contributed by atoms with Crippen molar-refractivity contribution in [2.75, 3.05) is 0 Å². The molecule has 0 bridgehead atoms. The molecule has 0 aliphatic carbocycles. The van der Waals surface area contributed by atoms with E-state index in [0.717, 1.165) is 10.9 Å². The number of hydrogen-bond donors (Lipinski definition) is 2. The number of aromatic hydroxyl groups is 2. The molecule has 0 amide bonds. The Morgan fingerprint density at radius 2 is 1.24 bits per heavy atom. The Labute approximate surface area is 157 Å². The maximum atomic E-state index is 9.31. The predicted octanol–water partition coefficient (Wildman–Crippen LogP) is 4.62. The molecule has 0 unspecified atom stereocenters. The van der Waals surface area contributed by atoms with Gasteiger partial charge in [-0.25, -0.2) is 0 Å². The molecule has 3 nitrogen and oxygen atoms in total. The van der Waals surface area contributed by atoms with Crippen molar-refractivity contribution in [3.63, 3.8) is 0 Å². The van der Waals surface area contributed by atoms with E-state index in [1.807, 2.05) is 60.7 Å². The largest absolute Gasteiger partial charge is 3.00 e. The summed E-state index contributed by atoms with van der Waals surface area (Å²) in [4.78, 5) is 4.03. The molecular formula is C21H17AlNO2+3. The van der Waals surface area contributed by atoms with Crippen LogP contribution >= 0.6 is 0 Å². The maximum absolute atomic E-state index is 9.31. The number of para-hydroxylation sites is 1. The van der Waals surface area contributed by atoms with E-state index >= 15 is 0 Å². The summed E-state index contributed by atoms with van der Waals surface area (Å²) in [6.07, 6.45) is 1.67. The fourth-order valence-electron chi connectivity index (χ4n) is 2.37. The Bertz CT molecular complexity index is 920. The smallest absolute Gasteiger partial charge is 0.508 e. The van der Waals surface area contributed by atoms with Gasteiger partial charge < -0.3 is 10.2 Å². The van der Waals surface area contributed by atoms with Crippen molar-refractivity contribution >= 4 is 28.3 Å². The van der Waals surface area contributed by atoms with Crippen LogP contribution in [0.2, 0.25) is 0 Å². The summed E-state index contributed by atoms with van der Waals surface area (Å²) in [5, 5.41) is 19.4. The van der Waals surface area contributed by atoms with Crippen molar-refractivity contribution in [3.05, 3.63) is 91.1 Å². The fraction of sp³-hybridized carbons (Fsp3) is 0. The van der Waals surface area contributed by atoms with Crippen molar-refractivity contribution in [3.8, 4) is 22.6 Å². The number of hydrogen-bond acceptors (Lipinski definition) is 3. The SMILES string of the molecule is Oc1ccc(-c2ccccc2)cc1.Oc1cccc2cccnc12.[Al+3]. The van der Waals surface area contributed by atoms with Crippen LogP contribution < -0.4 is 0 Å². The minimum atomic E-state index is 0. The van der Waals surface area contributed by atoms with Gasteiger partial charge in [-0.2, -0.15) is 0 Å². The van der Waals surface area contributed by atoms with Gasteiger partial charge in [0.1, 0.15) is 17.0 Å². The zero-order valence-electron chi connectivity index (χ0n) is 13.6. The summed E-state index contributed by atoms with van der Waals surface area (Å²) in [6, 6.07) is 26.4. The number of benzene rings is 3. The Morgan fingerprint density at radius 3 is 1.92 bits per heavy atom. The van der Waals surface area contributed by atoms with E-state index in [0.29, 0.717) is 11.3 Å². The molecule has 0 aliphatic rings. The minimum Gasteiger partial charge on any atom is -0.508 e. The Kier molecular flexibility index (Phi) is 6.59. The molecule has 25 heavy (non-hydrogen) atoms. The topological polar surface area (TPSA) is 53.4 Å². The van der Waals surface area contributed by atoms with Crippen LogP contribution in [0.3, 0.4) is 0 Å². The monoisotopic (exact) mass is 342 g/mol. The van der Waals surface area contributed by atoms with Crippen LogP contribution in [0.5, 0.6) is 11.5 Å². The molecule has 1 aromatic heterocycles. The van der Waals surface area contributed by atoms with Crippen LogP contribution in [0.15, 0.2) is 91.1 Å².